The minimum Gasteiger partial charge on any atom is -0.390 e. The summed E-state index contributed by atoms with van der Waals surface area (Å²) < 4.78 is 5.28. The molecule has 0 aromatic heterocycles. The molecule has 6 nitrogen and oxygen atoms in total. The number of morpholine rings is 1. The van der Waals surface area contributed by atoms with Crippen LogP contribution in [0.3, 0.4) is 0 Å². The van der Waals surface area contributed by atoms with Crippen molar-refractivity contribution < 1.29 is 9.84 Å². The lowest BCUT2D eigenvalue weighted by Crippen LogP contribution is -2.42. The van der Waals surface area contributed by atoms with Crippen molar-refractivity contribution in [2.45, 2.75) is 19.4 Å². The minimum atomic E-state index is -0.513. The van der Waals surface area contributed by atoms with E-state index in [0.29, 0.717) is 19.0 Å². The molecule has 6 heteroatoms. The van der Waals surface area contributed by atoms with Crippen molar-refractivity contribution in [1.29, 1.82) is 0 Å². The Morgan fingerprint density at radius 3 is 2.68 bits per heavy atom. The Kier molecular flexibility index (Phi) is 6.64. The van der Waals surface area contributed by atoms with Crippen LogP contribution in [0.15, 0.2) is 29.3 Å². The predicted molar refractivity (Wildman–Crippen MR) is 89.2 cm³/mol. The molecule has 0 spiro atoms. The van der Waals surface area contributed by atoms with E-state index in [1.807, 2.05) is 12.1 Å². The zero-order chi connectivity index (χ0) is 15.8. The number of ether oxygens (including phenoxy) is 1. The number of benzene rings is 1. The van der Waals surface area contributed by atoms with Crippen LogP contribution in [-0.2, 0) is 11.2 Å². The molecule has 4 N–H and O–H groups in total. The van der Waals surface area contributed by atoms with Crippen LogP contribution >= 0.6 is 0 Å². The maximum Gasteiger partial charge on any atom is 0.193 e. The first kappa shape index (κ1) is 16.7. The Morgan fingerprint density at radius 1 is 1.36 bits per heavy atom. The van der Waals surface area contributed by atoms with Crippen molar-refractivity contribution in [2.75, 3.05) is 44.7 Å². The van der Waals surface area contributed by atoms with E-state index in [1.54, 1.807) is 0 Å². The summed E-state index contributed by atoms with van der Waals surface area (Å²) in [4.78, 5) is 6.38. The van der Waals surface area contributed by atoms with E-state index in [2.05, 4.69) is 34.3 Å². The van der Waals surface area contributed by atoms with Gasteiger partial charge in [0, 0.05) is 25.3 Å². The van der Waals surface area contributed by atoms with E-state index in [9.17, 15) is 5.11 Å². The number of aryl methyl sites for hydroxylation is 1. The maximum absolute atomic E-state index is 10.0. The molecule has 1 saturated heterocycles. The molecular formula is C16H26N4O2. The van der Waals surface area contributed by atoms with E-state index in [-0.39, 0.29) is 0 Å². The van der Waals surface area contributed by atoms with Gasteiger partial charge in [-0.25, -0.2) is 0 Å². The highest BCUT2D eigenvalue weighted by molar-refractivity contribution is 5.92. The van der Waals surface area contributed by atoms with Crippen LogP contribution in [0, 0.1) is 0 Å². The largest absolute Gasteiger partial charge is 0.390 e. The fraction of sp³-hybridized carbons (Fsp3) is 0.562. The molecule has 122 valence electrons. The molecule has 0 aliphatic carbocycles. The van der Waals surface area contributed by atoms with Gasteiger partial charge in [0.1, 0.15) is 0 Å². The predicted octanol–water partition coefficient (Wildman–Crippen LogP) is 0.669. The Morgan fingerprint density at radius 2 is 2.05 bits per heavy atom. The number of anilines is 1. The number of aliphatic hydroxyl groups is 1. The van der Waals surface area contributed by atoms with Gasteiger partial charge < -0.3 is 20.9 Å². The van der Waals surface area contributed by atoms with Crippen molar-refractivity contribution in [3.8, 4) is 0 Å². The van der Waals surface area contributed by atoms with Crippen LogP contribution in [0.4, 0.5) is 5.69 Å². The third-order valence-electron chi connectivity index (χ3n) is 3.68. The fourth-order valence-corrected chi connectivity index (χ4v) is 2.35. The highest BCUT2D eigenvalue weighted by Gasteiger charge is 2.14. The van der Waals surface area contributed by atoms with Crippen molar-refractivity contribution in [3.05, 3.63) is 29.8 Å². The first-order valence-electron chi connectivity index (χ1n) is 7.81. The number of hydrogen-bond donors (Lipinski definition) is 3. The number of guanidine groups is 1. The van der Waals surface area contributed by atoms with E-state index >= 15 is 0 Å². The van der Waals surface area contributed by atoms with Gasteiger partial charge in [0.05, 0.1) is 25.9 Å². The molecule has 1 unspecified atom stereocenters. The average molecular weight is 306 g/mol. The van der Waals surface area contributed by atoms with Gasteiger partial charge in [-0.2, -0.15) is 0 Å². The summed E-state index contributed by atoms with van der Waals surface area (Å²) in [6.07, 6.45) is 0.498. The van der Waals surface area contributed by atoms with Crippen LogP contribution in [0.25, 0.3) is 0 Å². The molecule has 1 aliphatic rings. The highest BCUT2D eigenvalue weighted by Crippen LogP contribution is 2.09. The zero-order valence-electron chi connectivity index (χ0n) is 13.2. The number of nitrogens with zero attached hydrogens (tertiary/aromatic N) is 2. The van der Waals surface area contributed by atoms with Gasteiger partial charge >= 0.3 is 0 Å². The number of β-amino-alcohol motifs (C(OH)–C–C–N with tert-alkyl or cyclic N) is 1. The zero-order valence-corrected chi connectivity index (χ0v) is 13.2. The van der Waals surface area contributed by atoms with Gasteiger partial charge in [0.2, 0.25) is 0 Å². The molecule has 0 bridgehead atoms. The molecule has 1 aromatic carbocycles. The van der Waals surface area contributed by atoms with Crippen LogP contribution in [0.5, 0.6) is 0 Å². The van der Waals surface area contributed by atoms with Crippen LogP contribution in [0.1, 0.15) is 12.5 Å². The second-order valence-electron chi connectivity index (χ2n) is 5.47. The smallest absolute Gasteiger partial charge is 0.193 e. The molecule has 0 saturated carbocycles. The first-order valence-corrected chi connectivity index (χ1v) is 7.81. The monoisotopic (exact) mass is 306 g/mol. The topological polar surface area (TPSA) is 83.1 Å². The lowest BCUT2D eigenvalue weighted by Gasteiger charge is -2.28. The number of rotatable bonds is 6. The summed E-state index contributed by atoms with van der Waals surface area (Å²) in [6.45, 7) is 6.19. The summed E-state index contributed by atoms with van der Waals surface area (Å²) in [7, 11) is 0. The van der Waals surface area contributed by atoms with Crippen molar-refractivity contribution in [1.82, 2.24) is 4.90 Å². The standard InChI is InChI=1S/C16H26N4O2/c1-2-13-3-5-14(6-4-13)19-16(17)18-11-15(21)12-20-7-9-22-10-8-20/h3-6,15,21H,2,7-12H2,1H3,(H3,17,18,19). The van der Waals surface area contributed by atoms with Gasteiger partial charge in [-0.05, 0) is 24.1 Å². The Hall–Kier alpha value is -1.63. The summed E-state index contributed by atoms with van der Waals surface area (Å²) in [5, 5.41) is 13.0. The third-order valence-corrected chi connectivity index (χ3v) is 3.68. The summed E-state index contributed by atoms with van der Waals surface area (Å²) in [6, 6.07) is 8.07. The lowest BCUT2D eigenvalue weighted by molar-refractivity contribution is 0.0165. The molecule has 0 amide bonds. The second kappa shape index (κ2) is 8.73. The molecule has 1 aromatic rings. The molecule has 2 rings (SSSR count). The van der Waals surface area contributed by atoms with E-state index in [0.717, 1.165) is 38.4 Å². The van der Waals surface area contributed by atoms with Gasteiger partial charge in [0.15, 0.2) is 5.96 Å². The quantitative estimate of drug-likeness (QED) is 0.531. The summed E-state index contributed by atoms with van der Waals surface area (Å²) in [5.41, 5.74) is 8.04. The number of aliphatic imine (C=N–C) groups is 1. The van der Waals surface area contributed by atoms with Crippen LogP contribution in [-0.4, -0.2) is 61.5 Å². The van der Waals surface area contributed by atoms with Gasteiger partial charge in [-0.3, -0.25) is 9.89 Å². The number of hydrogen-bond acceptors (Lipinski definition) is 4. The third kappa shape index (κ3) is 5.63. The van der Waals surface area contributed by atoms with Crippen molar-refractivity contribution in [3.63, 3.8) is 0 Å². The SMILES string of the molecule is CCc1ccc(NC(N)=NCC(O)CN2CCOCC2)cc1. The molecule has 1 atom stereocenters. The molecule has 22 heavy (non-hydrogen) atoms. The summed E-state index contributed by atoms with van der Waals surface area (Å²) >= 11 is 0. The van der Waals surface area contributed by atoms with Gasteiger partial charge in [-0.15, -0.1) is 0 Å². The maximum atomic E-state index is 10.0. The van der Waals surface area contributed by atoms with E-state index < -0.39 is 6.10 Å². The number of aliphatic hydroxyl groups excluding tert-OH is 1. The van der Waals surface area contributed by atoms with Crippen LogP contribution in [0.2, 0.25) is 0 Å². The van der Waals surface area contributed by atoms with Crippen LogP contribution < -0.4 is 11.1 Å². The molecule has 1 aliphatic heterocycles. The normalized spacial score (nSPS) is 18.2. The van der Waals surface area contributed by atoms with E-state index in [4.69, 9.17) is 10.5 Å². The molecule has 1 fully saturated rings. The molecule has 1 heterocycles. The Balaban J connectivity index is 1.75. The minimum absolute atomic E-state index is 0.295. The Labute approximate surface area is 132 Å². The Bertz CT molecular complexity index is 470. The molecule has 0 radical (unpaired) electrons. The molecular weight excluding hydrogens is 280 g/mol. The fourth-order valence-electron chi connectivity index (χ4n) is 2.35. The second-order valence-corrected chi connectivity index (χ2v) is 5.47. The highest BCUT2D eigenvalue weighted by atomic mass is 16.5. The summed E-state index contributed by atoms with van der Waals surface area (Å²) in [5.74, 6) is 0.324. The number of nitrogens with one attached hydrogen (secondary N) is 1. The average Bonchev–Trinajstić information content (AvgIpc) is 2.55. The van der Waals surface area contributed by atoms with Crippen molar-refractivity contribution >= 4 is 11.6 Å². The van der Waals surface area contributed by atoms with Gasteiger partial charge in [0.25, 0.3) is 0 Å². The van der Waals surface area contributed by atoms with E-state index in [1.165, 1.54) is 5.56 Å². The van der Waals surface area contributed by atoms with Crippen molar-refractivity contribution in [2.24, 2.45) is 10.7 Å². The first-order chi connectivity index (χ1) is 10.7. The lowest BCUT2D eigenvalue weighted by atomic mass is 10.1. The number of nitrogens with two attached hydrogens (primary N) is 1. The van der Waals surface area contributed by atoms with Gasteiger partial charge in [-0.1, -0.05) is 19.1 Å².